The van der Waals surface area contributed by atoms with Gasteiger partial charge in [-0.15, -0.1) is 0 Å². The maximum Gasteiger partial charge on any atom is 0.330 e. The molecule has 0 aliphatic carbocycles. The van der Waals surface area contributed by atoms with Crippen LogP contribution < -0.4 is 11.2 Å². The number of hydrogen-bond acceptors (Lipinski definition) is 7. The number of aromatic nitrogens is 2. The highest BCUT2D eigenvalue weighted by molar-refractivity contribution is 7.51. The third-order valence-electron chi connectivity index (χ3n) is 3.89. The average molecular weight is 364 g/mol. The van der Waals surface area contributed by atoms with Gasteiger partial charge in [-0.3, -0.25) is 18.9 Å². The number of hydrogen-bond donors (Lipinski definition) is 4. The van der Waals surface area contributed by atoms with E-state index in [0.717, 1.165) is 4.57 Å². The van der Waals surface area contributed by atoms with Gasteiger partial charge < -0.3 is 29.1 Å². The molecule has 1 aromatic rings. The van der Waals surface area contributed by atoms with Gasteiger partial charge in [-0.2, -0.15) is 0 Å². The molecule has 2 fully saturated rings. The third kappa shape index (κ3) is 3.24. The molecule has 134 valence electrons. The van der Waals surface area contributed by atoms with Gasteiger partial charge in [0.05, 0.1) is 6.61 Å². The van der Waals surface area contributed by atoms with Crippen molar-refractivity contribution < 1.29 is 33.7 Å². The highest BCUT2D eigenvalue weighted by atomic mass is 31.2. The fourth-order valence-electron chi connectivity index (χ4n) is 2.83. The second-order valence-corrected chi connectivity index (χ2v) is 7.40. The summed E-state index contributed by atoms with van der Waals surface area (Å²) in [6.07, 6.45) is -4.02. The Labute approximate surface area is 134 Å². The van der Waals surface area contributed by atoms with Crippen molar-refractivity contribution in [2.75, 3.05) is 12.8 Å². The number of rotatable bonds is 4. The van der Waals surface area contributed by atoms with Gasteiger partial charge >= 0.3 is 13.3 Å². The number of H-pyrrole nitrogens is 1. The molecule has 0 spiro atoms. The summed E-state index contributed by atoms with van der Waals surface area (Å²) in [5.74, 6) is 0. The fourth-order valence-corrected chi connectivity index (χ4v) is 3.39. The summed E-state index contributed by atoms with van der Waals surface area (Å²) in [5.41, 5.74) is -0.990. The third-order valence-corrected chi connectivity index (χ3v) is 4.66. The minimum atomic E-state index is -4.37. The average Bonchev–Trinajstić information content (AvgIpc) is 2.99. The van der Waals surface area contributed by atoms with Crippen LogP contribution >= 0.6 is 7.60 Å². The van der Waals surface area contributed by atoms with Crippen molar-refractivity contribution in [1.82, 2.24) is 9.55 Å². The summed E-state index contributed by atoms with van der Waals surface area (Å²) in [6.45, 7) is 1.08. The molecular formula is C12H17N2O9P. The van der Waals surface area contributed by atoms with Crippen molar-refractivity contribution in [3.05, 3.63) is 32.6 Å². The minimum Gasteiger partial charge on any atom is -0.394 e. The highest BCUT2D eigenvalue weighted by Gasteiger charge is 2.54. The van der Waals surface area contributed by atoms with E-state index in [0.29, 0.717) is 0 Å². The van der Waals surface area contributed by atoms with Crippen molar-refractivity contribution in [1.29, 1.82) is 0 Å². The van der Waals surface area contributed by atoms with Crippen LogP contribution in [-0.4, -0.2) is 61.8 Å². The predicted octanol–water partition coefficient (Wildman–Crippen LogP) is -1.98. The first-order valence-corrected chi connectivity index (χ1v) is 8.93. The number of aliphatic hydroxyl groups is 1. The van der Waals surface area contributed by atoms with Crippen LogP contribution in [0.5, 0.6) is 0 Å². The molecule has 2 saturated heterocycles. The number of aromatic amines is 1. The van der Waals surface area contributed by atoms with Crippen LogP contribution in [0.3, 0.4) is 0 Å². The number of fused-ring (bicyclic) bond motifs is 1. The smallest absolute Gasteiger partial charge is 0.330 e. The van der Waals surface area contributed by atoms with Gasteiger partial charge in [0.15, 0.2) is 12.5 Å². The Kier molecular flexibility index (Phi) is 4.51. The van der Waals surface area contributed by atoms with E-state index < -0.39 is 62.4 Å². The van der Waals surface area contributed by atoms with Crippen LogP contribution in [0.1, 0.15) is 11.8 Å². The Bertz CT molecular complexity index is 783. The lowest BCUT2D eigenvalue weighted by atomic mass is 10.1. The molecule has 0 unspecified atom stereocenters. The van der Waals surface area contributed by atoms with Gasteiger partial charge in [0, 0.05) is 11.8 Å². The molecule has 0 bridgehead atoms. The van der Waals surface area contributed by atoms with E-state index in [9.17, 15) is 19.3 Å². The fraction of sp³-hybridized carbons (Fsp3) is 0.667. The first-order chi connectivity index (χ1) is 11.2. The second kappa shape index (κ2) is 6.19. The molecule has 3 rings (SSSR count). The molecule has 2 aliphatic rings. The van der Waals surface area contributed by atoms with E-state index in [-0.39, 0.29) is 5.56 Å². The highest BCUT2D eigenvalue weighted by Crippen LogP contribution is 2.43. The largest absolute Gasteiger partial charge is 0.394 e. The zero-order valence-electron chi connectivity index (χ0n) is 12.6. The quantitative estimate of drug-likeness (QED) is 0.444. The van der Waals surface area contributed by atoms with Crippen molar-refractivity contribution >= 4 is 7.60 Å². The topological polar surface area (TPSA) is 160 Å². The molecule has 5 atom stereocenters. The lowest BCUT2D eigenvalue weighted by Gasteiger charge is -2.21. The molecule has 3 heterocycles. The molecule has 2 aliphatic heterocycles. The van der Waals surface area contributed by atoms with Gasteiger partial charge in [-0.25, -0.2) is 4.79 Å². The van der Waals surface area contributed by atoms with Crippen molar-refractivity contribution in [3.8, 4) is 0 Å². The maximum absolute atomic E-state index is 12.0. The number of ether oxygens (including phenoxy) is 3. The number of aryl methyl sites for hydroxylation is 1. The van der Waals surface area contributed by atoms with E-state index in [2.05, 4.69) is 4.98 Å². The van der Waals surface area contributed by atoms with E-state index in [4.69, 9.17) is 24.0 Å². The zero-order valence-corrected chi connectivity index (χ0v) is 13.5. The van der Waals surface area contributed by atoms with Gasteiger partial charge in [-0.1, -0.05) is 0 Å². The van der Waals surface area contributed by atoms with E-state index in [1.165, 1.54) is 13.1 Å². The van der Waals surface area contributed by atoms with E-state index >= 15 is 0 Å². The lowest BCUT2D eigenvalue weighted by Crippen LogP contribution is -2.37. The number of nitrogens with zero attached hydrogens (tertiary/aromatic N) is 1. The molecule has 0 amide bonds. The normalized spacial score (nSPS) is 32.9. The molecule has 0 aromatic carbocycles. The molecule has 0 radical (unpaired) electrons. The van der Waals surface area contributed by atoms with Crippen LogP contribution in [0, 0.1) is 6.92 Å². The monoisotopic (exact) mass is 364 g/mol. The summed E-state index contributed by atoms with van der Waals surface area (Å²) in [6, 6.07) is 0. The summed E-state index contributed by atoms with van der Waals surface area (Å²) >= 11 is 0. The van der Waals surface area contributed by atoms with E-state index in [1.807, 2.05) is 0 Å². The number of aliphatic hydroxyl groups excluding tert-OH is 1. The molecule has 12 heteroatoms. The Hall–Kier alpha value is -1.33. The molecule has 11 nitrogen and oxygen atoms in total. The summed E-state index contributed by atoms with van der Waals surface area (Å²) < 4.78 is 28.7. The van der Waals surface area contributed by atoms with Crippen LogP contribution in [0.15, 0.2) is 15.8 Å². The molecule has 4 N–H and O–H groups in total. The van der Waals surface area contributed by atoms with Crippen LogP contribution in [0.2, 0.25) is 0 Å². The summed E-state index contributed by atoms with van der Waals surface area (Å²) in [4.78, 5) is 43.7. The van der Waals surface area contributed by atoms with Crippen molar-refractivity contribution in [2.45, 2.75) is 37.8 Å². The first kappa shape index (κ1) is 17.5. The standard InChI is InChI=1S/C12H17N2O9P/c1-5-2-14(12(17)13-10(5)16)11-9-8(6(3-15)21-11)22-7(23-9)4-24(18,19)20/h2,6-9,11,15H,3-4H2,1H3,(H,13,16,17)(H2,18,19,20)/t6-,7-,8-,9-,11-/m1/s1. The van der Waals surface area contributed by atoms with Gasteiger partial charge in [0.25, 0.3) is 5.56 Å². The zero-order chi connectivity index (χ0) is 17.6. The van der Waals surface area contributed by atoms with Gasteiger partial charge in [0.2, 0.25) is 0 Å². The van der Waals surface area contributed by atoms with Gasteiger partial charge in [0.1, 0.15) is 24.5 Å². The van der Waals surface area contributed by atoms with Crippen molar-refractivity contribution in [2.24, 2.45) is 0 Å². The Morgan fingerprint density at radius 2 is 1.92 bits per heavy atom. The molecular weight excluding hydrogens is 347 g/mol. The van der Waals surface area contributed by atoms with Crippen LogP contribution in [0.25, 0.3) is 0 Å². The van der Waals surface area contributed by atoms with Crippen LogP contribution in [0.4, 0.5) is 0 Å². The minimum absolute atomic E-state index is 0.271. The van der Waals surface area contributed by atoms with Gasteiger partial charge in [-0.05, 0) is 6.92 Å². The Balaban J connectivity index is 1.91. The maximum atomic E-state index is 12.0. The molecule has 0 saturated carbocycles. The SMILES string of the molecule is Cc1cn([C@@H]2O[C@H](CO)[C@H]3O[C@@H](CP(=O)(O)O)O[C@H]32)c(=O)[nH]c1=O. The Morgan fingerprint density at radius 3 is 2.54 bits per heavy atom. The lowest BCUT2D eigenvalue weighted by molar-refractivity contribution is -0.144. The van der Waals surface area contributed by atoms with E-state index in [1.54, 1.807) is 0 Å². The molecule has 24 heavy (non-hydrogen) atoms. The second-order valence-electron chi connectivity index (χ2n) is 5.70. The predicted molar refractivity (Wildman–Crippen MR) is 77.5 cm³/mol. The summed E-state index contributed by atoms with van der Waals surface area (Å²) in [5, 5.41) is 9.41. The Morgan fingerprint density at radius 1 is 1.25 bits per heavy atom. The van der Waals surface area contributed by atoms with Crippen molar-refractivity contribution in [3.63, 3.8) is 0 Å². The number of nitrogens with one attached hydrogen (secondary N) is 1. The molecule has 1 aromatic heterocycles. The first-order valence-electron chi connectivity index (χ1n) is 7.13. The van der Waals surface area contributed by atoms with Crippen LogP contribution in [-0.2, 0) is 18.8 Å². The summed E-state index contributed by atoms with van der Waals surface area (Å²) in [7, 11) is -4.37.